The molecule has 1 rings (SSSR count). The van der Waals surface area contributed by atoms with Gasteiger partial charge in [-0.15, -0.1) is 0 Å². The molecule has 0 aliphatic heterocycles. The van der Waals surface area contributed by atoms with Crippen molar-refractivity contribution in [3.05, 3.63) is 0 Å². The lowest BCUT2D eigenvalue weighted by Gasteiger charge is -2.20. The van der Waals surface area contributed by atoms with Crippen LogP contribution in [0.4, 0.5) is 4.79 Å². The number of urea groups is 1. The van der Waals surface area contributed by atoms with Crippen LogP contribution in [0.3, 0.4) is 0 Å². The molecule has 0 aromatic rings. The first kappa shape index (κ1) is 14.5. The van der Waals surface area contributed by atoms with Crippen molar-refractivity contribution in [3.63, 3.8) is 0 Å². The number of carbonyl (C=O) groups is 3. The lowest BCUT2D eigenvalue weighted by atomic mass is 9.89. The summed E-state index contributed by atoms with van der Waals surface area (Å²) in [4.78, 5) is 35.5. The quantitative estimate of drug-likeness (QED) is 0.770. The third-order valence-electron chi connectivity index (χ3n) is 3.00. The summed E-state index contributed by atoms with van der Waals surface area (Å²) in [6.45, 7) is 3.54. The van der Waals surface area contributed by atoms with Gasteiger partial charge in [-0.1, -0.05) is 0 Å². The Morgan fingerprint density at radius 2 is 1.89 bits per heavy atom. The first-order chi connectivity index (χ1) is 8.22. The molecule has 6 nitrogen and oxygen atoms in total. The molecular formula is C12H20N2O4. The normalized spacial score (nSPS) is 15.1. The van der Waals surface area contributed by atoms with Crippen LogP contribution < -0.4 is 5.32 Å². The van der Waals surface area contributed by atoms with E-state index >= 15 is 0 Å². The minimum atomic E-state index is -1.17. The van der Waals surface area contributed by atoms with E-state index in [-0.39, 0.29) is 6.42 Å². The molecule has 0 unspecified atom stereocenters. The molecule has 0 aromatic heterocycles. The molecule has 0 aromatic carbocycles. The second-order valence-electron chi connectivity index (χ2n) is 5.54. The van der Waals surface area contributed by atoms with Gasteiger partial charge >= 0.3 is 12.0 Å². The largest absolute Gasteiger partial charge is 0.481 e. The minimum absolute atomic E-state index is 0.217. The van der Waals surface area contributed by atoms with Crippen LogP contribution in [-0.2, 0) is 9.59 Å². The molecule has 6 heteroatoms. The predicted octanol–water partition coefficient (Wildman–Crippen LogP) is 1.07. The van der Waals surface area contributed by atoms with Crippen LogP contribution in [0.15, 0.2) is 0 Å². The molecule has 18 heavy (non-hydrogen) atoms. The van der Waals surface area contributed by atoms with Crippen molar-refractivity contribution in [2.75, 3.05) is 13.6 Å². The Balaban J connectivity index is 2.38. The lowest BCUT2D eigenvalue weighted by Crippen LogP contribution is -2.43. The number of carbonyl (C=O) groups excluding carboxylic acids is 2. The van der Waals surface area contributed by atoms with E-state index in [9.17, 15) is 14.4 Å². The highest BCUT2D eigenvalue weighted by Gasteiger charge is 2.31. The SMILES string of the molecule is CN(CC1CC1)C(=O)NC(=O)CC(C)(C)C(=O)O. The molecule has 1 aliphatic rings. The van der Waals surface area contributed by atoms with Gasteiger partial charge in [0.2, 0.25) is 5.91 Å². The van der Waals surface area contributed by atoms with Crippen molar-refractivity contribution in [3.8, 4) is 0 Å². The number of nitrogens with one attached hydrogen (secondary N) is 1. The number of amides is 3. The number of hydrogen-bond donors (Lipinski definition) is 2. The summed E-state index contributed by atoms with van der Waals surface area (Å²) in [7, 11) is 1.63. The summed E-state index contributed by atoms with van der Waals surface area (Å²) >= 11 is 0. The van der Waals surface area contributed by atoms with Crippen LogP contribution in [0.2, 0.25) is 0 Å². The maximum atomic E-state index is 11.6. The van der Waals surface area contributed by atoms with Crippen molar-refractivity contribution in [2.45, 2.75) is 33.1 Å². The topological polar surface area (TPSA) is 86.7 Å². The predicted molar refractivity (Wildman–Crippen MR) is 64.9 cm³/mol. The number of nitrogens with zero attached hydrogens (tertiary/aromatic N) is 1. The monoisotopic (exact) mass is 256 g/mol. The fourth-order valence-electron chi connectivity index (χ4n) is 1.51. The van der Waals surface area contributed by atoms with Crippen molar-refractivity contribution in [2.24, 2.45) is 11.3 Å². The van der Waals surface area contributed by atoms with Crippen LogP contribution in [0.5, 0.6) is 0 Å². The smallest absolute Gasteiger partial charge is 0.323 e. The summed E-state index contributed by atoms with van der Waals surface area (Å²) in [6, 6.07) is -0.465. The molecule has 0 atom stereocenters. The number of imide groups is 1. The van der Waals surface area contributed by atoms with Crippen molar-refractivity contribution < 1.29 is 19.5 Å². The zero-order valence-corrected chi connectivity index (χ0v) is 11.0. The molecule has 0 radical (unpaired) electrons. The molecule has 0 spiro atoms. The van der Waals surface area contributed by atoms with Crippen LogP contribution in [0.25, 0.3) is 0 Å². The van der Waals surface area contributed by atoms with Crippen LogP contribution >= 0.6 is 0 Å². The van der Waals surface area contributed by atoms with E-state index in [0.717, 1.165) is 12.8 Å². The Labute approximate surface area is 106 Å². The molecular weight excluding hydrogens is 236 g/mol. The maximum Gasteiger partial charge on any atom is 0.323 e. The standard InChI is InChI=1S/C12H20N2O4/c1-12(2,10(16)17)6-9(15)13-11(18)14(3)7-8-4-5-8/h8H,4-7H2,1-3H3,(H,16,17)(H,13,15,18). The second-order valence-corrected chi connectivity index (χ2v) is 5.54. The summed E-state index contributed by atoms with van der Waals surface area (Å²) < 4.78 is 0. The molecule has 0 saturated heterocycles. The van der Waals surface area contributed by atoms with Gasteiger partial charge in [0.15, 0.2) is 0 Å². The lowest BCUT2D eigenvalue weighted by molar-refractivity contribution is -0.149. The molecule has 0 heterocycles. The Morgan fingerprint density at radius 1 is 1.33 bits per heavy atom. The van der Waals surface area contributed by atoms with Crippen molar-refractivity contribution >= 4 is 17.9 Å². The van der Waals surface area contributed by atoms with E-state index in [1.807, 2.05) is 0 Å². The highest BCUT2D eigenvalue weighted by Crippen LogP contribution is 2.29. The van der Waals surface area contributed by atoms with E-state index in [2.05, 4.69) is 5.32 Å². The molecule has 2 N–H and O–H groups in total. The Kier molecular flexibility index (Phi) is 4.32. The first-order valence-corrected chi connectivity index (χ1v) is 6.00. The van der Waals surface area contributed by atoms with Crippen molar-refractivity contribution in [1.82, 2.24) is 10.2 Å². The summed E-state index contributed by atoms with van der Waals surface area (Å²) in [5.74, 6) is -1.07. The van der Waals surface area contributed by atoms with E-state index in [4.69, 9.17) is 5.11 Å². The van der Waals surface area contributed by atoms with Gasteiger partial charge in [0.1, 0.15) is 0 Å². The zero-order chi connectivity index (χ0) is 13.9. The first-order valence-electron chi connectivity index (χ1n) is 6.00. The second kappa shape index (κ2) is 5.37. The van der Waals surface area contributed by atoms with E-state index in [0.29, 0.717) is 12.5 Å². The van der Waals surface area contributed by atoms with Gasteiger partial charge in [0.25, 0.3) is 0 Å². The third kappa shape index (κ3) is 4.35. The van der Waals surface area contributed by atoms with Crippen LogP contribution in [0, 0.1) is 11.3 Å². The van der Waals surface area contributed by atoms with Crippen LogP contribution in [-0.4, -0.2) is 41.5 Å². The van der Waals surface area contributed by atoms with Gasteiger partial charge in [0.05, 0.1) is 5.41 Å². The molecule has 102 valence electrons. The van der Waals surface area contributed by atoms with Gasteiger partial charge in [-0.05, 0) is 32.6 Å². The van der Waals surface area contributed by atoms with Crippen LogP contribution in [0.1, 0.15) is 33.1 Å². The van der Waals surface area contributed by atoms with Gasteiger partial charge in [-0.2, -0.15) is 0 Å². The van der Waals surface area contributed by atoms with E-state index < -0.39 is 23.3 Å². The zero-order valence-electron chi connectivity index (χ0n) is 11.0. The average Bonchev–Trinajstić information content (AvgIpc) is 2.99. The third-order valence-corrected chi connectivity index (χ3v) is 3.00. The number of rotatable bonds is 5. The summed E-state index contributed by atoms with van der Waals surface area (Å²) in [6.07, 6.45) is 2.03. The maximum absolute atomic E-state index is 11.6. The Bertz CT molecular complexity index is 361. The Hall–Kier alpha value is -1.59. The van der Waals surface area contributed by atoms with Gasteiger partial charge in [-0.3, -0.25) is 14.9 Å². The summed E-state index contributed by atoms with van der Waals surface area (Å²) in [5, 5.41) is 11.1. The molecule has 0 bridgehead atoms. The average molecular weight is 256 g/mol. The molecule has 1 aliphatic carbocycles. The van der Waals surface area contributed by atoms with E-state index in [1.54, 1.807) is 7.05 Å². The molecule has 1 fully saturated rings. The van der Waals surface area contributed by atoms with E-state index in [1.165, 1.54) is 18.7 Å². The molecule has 3 amide bonds. The highest BCUT2D eigenvalue weighted by molar-refractivity contribution is 5.96. The van der Waals surface area contributed by atoms with Crippen molar-refractivity contribution in [1.29, 1.82) is 0 Å². The number of hydrogen-bond acceptors (Lipinski definition) is 3. The Morgan fingerprint density at radius 3 is 2.33 bits per heavy atom. The number of aliphatic carboxylic acids is 1. The summed E-state index contributed by atoms with van der Waals surface area (Å²) in [5.41, 5.74) is -1.17. The fraction of sp³-hybridized carbons (Fsp3) is 0.750. The van der Waals surface area contributed by atoms with Gasteiger partial charge in [0, 0.05) is 20.0 Å². The highest BCUT2D eigenvalue weighted by atomic mass is 16.4. The van der Waals surface area contributed by atoms with Gasteiger partial charge in [-0.25, -0.2) is 4.79 Å². The van der Waals surface area contributed by atoms with Gasteiger partial charge < -0.3 is 10.0 Å². The minimum Gasteiger partial charge on any atom is -0.481 e. The fourth-order valence-corrected chi connectivity index (χ4v) is 1.51. The number of carboxylic acid groups (broad SMARTS) is 1. The molecule has 1 saturated carbocycles. The number of carboxylic acids is 1.